The van der Waals surface area contributed by atoms with Crippen molar-refractivity contribution in [3.8, 4) is 39.8 Å². The minimum absolute atomic E-state index is 0. The summed E-state index contributed by atoms with van der Waals surface area (Å²) in [6, 6.07) is 66.3. The smallest absolute Gasteiger partial charge is 0.267 e. The van der Waals surface area contributed by atoms with Crippen LogP contribution in [0.4, 0.5) is 0 Å². The number of hydrogen-bond acceptors (Lipinski definition) is 2. The summed E-state index contributed by atoms with van der Waals surface area (Å²) in [5.41, 5.74) is 13.1. The molecule has 0 aliphatic carbocycles. The quantitative estimate of drug-likeness (QED) is 0.101. The first kappa shape index (κ1) is 52.1. The maximum absolute atomic E-state index is 7.22. The fourth-order valence-corrected chi connectivity index (χ4v) is 10.2. The second-order valence-corrected chi connectivity index (χ2v) is 23.9. The molecular weight excluding hydrogens is 1080 g/mol. The molecule has 378 valence electrons. The molecule has 10 aromatic rings. The third kappa shape index (κ3) is 9.96. The van der Waals surface area contributed by atoms with Gasteiger partial charge in [0, 0.05) is 55.9 Å². The van der Waals surface area contributed by atoms with E-state index in [1.807, 2.05) is 6.20 Å². The van der Waals surface area contributed by atoms with Crippen LogP contribution in [0.1, 0.15) is 129 Å². The zero-order valence-electron chi connectivity index (χ0n) is 45.3. The second kappa shape index (κ2) is 19.5. The van der Waals surface area contributed by atoms with Crippen molar-refractivity contribution in [2.45, 2.75) is 117 Å². The Bertz CT molecular complexity index is 3640. The van der Waals surface area contributed by atoms with E-state index in [1.165, 1.54) is 33.4 Å². The van der Waals surface area contributed by atoms with E-state index in [0.717, 1.165) is 55.8 Å². The maximum atomic E-state index is 7.22. The van der Waals surface area contributed by atoms with Gasteiger partial charge >= 0.3 is 0 Å². The van der Waals surface area contributed by atoms with Crippen molar-refractivity contribution < 1.29 is 30.4 Å². The Morgan fingerprint density at radius 2 is 1.09 bits per heavy atom. The Labute approximate surface area is 454 Å². The molecular formula is C68H68N4OPt-2. The number of aromatic nitrogens is 4. The van der Waals surface area contributed by atoms with Gasteiger partial charge in [0.25, 0.3) is 6.33 Å². The number of imidazole rings is 1. The number of hydrogen-bond donors (Lipinski definition) is 0. The van der Waals surface area contributed by atoms with Crippen molar-refractivity contribution >= 4 is 21.8 Å². The SMILES string of the molecule is CC(C)(C)c1cc(-c2ccccc2)cc(-[n+]2[c-]n(-c3[c-]c(Oc4[c-]c5c(c(C(C)(C)C)c4)c4ccccc4n5-c4cc(C(C)(C)C)ccn4)cc(C(C)(C)c4ccccc4)c3)cc2C(C)(C)c2ccccc2)c1.[Pt]. The van der Waals surface area contributed by atoms with E-state index in [1.54, 1.807) is 0 Å². The Morgan fingerprint density at radius 3 is 1.73 bits per heavy atom. The van der Waals surface area contributed by atoms with E-state index in [0.29, 0.717) is 11.5 Å². The standard InChI is InChI=1S/C68H68N4O.Pt/c1-64(2,3)50-33-34-69-62(40-50)72-59-32-24-23-31-57(59)63-58(66(7,8)9)42-56(43-60(63)72)73-55-39-52(67(10,11)48-27-19-15-20-28-48)38-53(41-55)70-44-61(68(12,13)49-29-21-16-22-30-49)71(45-70)54-36-47(46-25-17-14-18-26-46)35-51(37-54)65(4,5)6;/h14-40,42,44H,1-13H3;/q-2;. The van der Waals surface area contributed by atoms with Gasteiger partial charge in [0.05, 0.1) is 11.4 Å². The Kier molecular flexibility index (Phi) is 13.7. The predicted molar refractivity (Wildman–Crippen MR) is 301 cm³/mol. The van der Waals surface area contributed by atoms with Gasteiger partial charge in [-0.1, -0.05) is 216 Å². The molecule has 0 saturated carbocycles. The third-order valence-electron chi connectivity index (χ3n) is 14.8. The number of benzene rings is 7. The van der Waals surface area contributed by atoms with E-state index >= 15 is 0 Å². The van der Waals surface area contributed by atoms with Crippen molar-refractivity contribution in [2.24, 2.45) is 0 Å². The zero-order chi connectivity index (χ0) is 51.7. The first-order valence-electron chi connectivity index (χ1n) is 25.7. The molecule has 0 unspecified atom stereocenters. The number of para-hydroxylation sites is 1. The molecule has 0 spiro atoms. The van der Waals surface area contributed by atoms with Gasteiger partial charge in [-0.25, -0.2) is 4.98 Å². The van der Waals surface area contributed by atoms with E-state index in [9.17, 15) is 0 Å². The molecule has 0 atom stereocenters. The van der Waals surface area contributed by atoms with Crippen molar-refractivity contribution in [3.63, 3.8) is 0 Å². The van der Waals surface area contributed by atoms with Crippen LogP contribution < -0.4 is 9.30 Å². The minimum Gasteiger partial charge on any atom is -0.510 e. The van der Waals surface area contributed by atoms with Crippen LogP contribution in [0, 0.1) is 18.5 Å². The molecule has 0 radical (unpaired) electrons. The molecule has 0 fully saturated rings. The molecule has 0 saturated heterocycles. The average Bonchev–Trinajstić information content (AvgIpc) is 3.97. The van der Waals surface area contributed by atoms with E-state index in [4.69, 9.17) is 9.72 Å². The van der Waals surface area contributed by atoms with Gasteiger partial charge in [0.2, 0.25) is 0 Å². The summed E-state index contributed by atoms with van der Waals surface area (Å²) in [5.74, 6) is 2.04. The van der Waals surface area contributed by atoms with Gasteiger partial charge in [-0.15, -0.1) is 35.4 Å². The Balaban J connectivity index is 0.00000672. The van der Waals surface area contributed by atoms with Crippen LogP contribution in [-0.4, -0.2) is 14.1 Å². The van der Waals surface area contributed by atoms with E-state index in [2.05, 4.69) is 292 Å². The minimum atomic E-state index is -0.429. The van der Waals surface area contributed by atoms with E-state index in [-0.39, 0.29) is 37.3 Å². The Morgan fingerprint density at radius 1 is 0.500 bits per heavy atom. The van der Waals surface area contributed by atoms with Gasteiger partial charge in [-0.05, 0) is 96.4 Å². The van der Waals surface area contributed by atoms with Gasteiger partial charge < -0.3 is 13.9 Å². The molecule has 0 aliphatic heterocycles. The zero-order valence-corrected chi connectivity index (χ0v) is 47.5. The summed E-state index contributed by atoms with van der Waals surface area (Å²) in [4.78, 5) is 5.01. The van der Waals surface area contributed by atoms with Crippen molar-refractivity contribution in [3.05, 3.63) is 234 Å². The molecule has 7 aromatic carbocycles. The summed E-state index contributed by atoms with van der Waals surface area (Å²) in [7, 11) is 0. The molecule has 74 heavy (non-hydrogen) atoms. The molecule has 0 bridgehead atoms. The topological polar surface area (TPSA) is 35.9 Å². The largest absolute Gasteiger partial charge is 0.510 e. The van der Waals surface area contributed by atoms with Crippen molar-refractivity contribution in [1.29, 1.82) is 0 Å². The summed E-state index contributed by atoms with van der Waals surface area (Å²) in [5, 5.41) is 2.30. The van der Waals surface area contributed by atoms with Crippen LogP contribution in [0.25, 0.3) is 50.1 Å². The summed E-state index contributed by atoms with van der Waals surface area (Å²) in [6.07, 6.45) is 8.06. The normalized spacial score (nSPS) is 12.6. The van der Waals surface area contributed by atoms with E-state index < -0.39 is 10.8 Å². The average molecular weight is 1150 g/mol. The molecule has 0 N–H and O–H groups in total. The Hall–Kier alpha value is -6.81. The summed E-state index contributed by atoms with van der Waals surface area (Å²) < 4.78 is 13.9. The van der Waals surface area contributed by atoms with Crippen molar-refractivity contribution in [1.82, 2.24) is 14.1 Å². The number of rotatable bonds is 10. The molecule has 3 heterocycles. The first-order valence-corrected chi connectivity index (χ1v) is 25.7. The second-order valence-electron chi connectivity index (χ2n) is 23.9. The molecule has 5 nitrogen and oxygen atoms in total. The monoisotopic (exact) mass is 1150 g/mol. The number of pyridine rings is 1. The van der Waals surface area contributed by atoms with Gasteiger partial charge in [-0.2, -0.15) is 6.07 Å². The number of fused-ring (bicyclic) bond motifs is 3. The molecule has 6 heteroatoms. The molecule has 0 amide bonds. The fourth-order valence-electron chi connectivity index (χ4n) is 10.2. The maximum Gasteiger partial charge on any atom is 0.267 e. The van der Waals surface area contributed by atoms with Gasteiger partial charge in [0.15, 0.2) is 0 Å². The van der Waals surface area contributed by atoms with Crippen LogP contribution >= 0.6 is 0 Å². The number of nitrogens with zero attached hydrogens (tertiary/aromatic N) is 4. The van der Waals surface area contributed by atoms with Crippen LogP contribution in [-0.2, 0) is 48.1 Å². The summed E-state index contributed by atoms with van der Waals surface area (Å²) in [6.45, 7) is 29.6. The number of ether oxygens (including phenoxy) is 1. The van der Waals surface area contributed by atoms with Crippen LogP contribution in [0.2, 0.25) is 0 Å². The van der Waals surface area contributed by atoms with Gasteiger partial charge in [-0.3, -0.25) is 4.57 Å². The third-order valence-corrected chi connectivity index (χ3v) is 14.8. The molecule has 3 aromatic heterocycles. The first-order chi connectivity index (χ1) is 34.6. The van der Waals surface area contributed by atoms with Crippen LogP contribution in [0.3, 0.4) is 0 Å². The molecule has 10 rings (SSSR count). The fraction of sp³-hybridized carbons (Fsp3) is 0.265. The summed E-state index contributed by atoms with van der Waals surface area (Å²) >= 11 is 0. The van der Waals surface area contributed by atoms with Gasteiger partial charge in [0.1, 0.15) is 5.82 Å². The van der Waals surface area contributed by atoms with Crippen LogP contribution in [0.15, 0.2) is 176 Å². The predicted octanol–water partition coefficient (Wildman–Crippen LogP) is 16.6. The van der Waals surface area contributed by atoms with Crippen molar-refractivity contribution in [2.75, 3.05) is 0 Å². The molecule has 0 aliphatic rings. The van der Waals surface area contributed by atoms with Crippen LogP contribution in [0.5, 0.6) is 11.5 Å².